The van der Waals surface area contributed by atoms with Crippen LogP contribution < -0.4 is 0 Å². The molecule has 1 aromatic rings. The molecule has 2 heteroatoms. The zero-order valence-electron chi connectivity index (χ0n) is 14.7. The van der Waals surface area contributed by atoms with Gasteiger partial charge in [0, 0.05) is 13.5 Å². The minimum Gasteiger partial charge on any atom is -0.498 e. The van der Waals surface area contributed by atoms with Crippen LogP contribution in [0.5, 0.6) is 0 Å². The Kier molecular flexibility index (Phi) is 7.40. The number of hydrogen-bond acceptors (Lipinski definition) is 2. The zero-order chi connectivity index (χ0) is 16.6. The van der Waals surface area contributed by atoms with Crippen LogP contribution >= 0.6 is 0 Å². The summed E-state index contributed by atoms with van der Waals surface area (Å²) in [5, 5.41) is 0. The molecule has 22 heavy (non-hydrogen) atoms. The molecule has 122 valence electrons. The molecule has 0 saturated carbocycles. The zero-order valence-corrected chi connectivity index (χ0v) is 14.7. The third-order valence-corrected chi connectivity index (χ3v) is 3.65. The van der Waals surface area contributed by atoms with E-state index in [1.165, 1.54) is 5.56 Å². The fourth-order valence-corrected chi connectivity index (χ4v) is 2.32. The third-order valence-electron chi connectivity index (χ3n) is 3.65. The van der Waals surface area contributed by atoms with Crippen LogP contribution in [0.2, 0.25) is 0 Å². The summed E-state index contributed by atoms with van der Waals surface area (Å²) >= 11 is 0. The maximum atomic E-state index is 5.80. The number of ether oxygens (including phenoxy) is 2. The number of aryl methyl sites for hydroxylation is 1. The second-order valence-corrected chi connectivity index (χ2v) is 6.53. The lowest BCUT2D eigenvalue weighted by Gasteiger charge is -2.27. The molecule has 1 rings (SSSR count). The van der Waals surface area contributed by atoms with E-state index in [-0.39, 0.29) is 11.5 Å². The fourth-order valence-electron chi connectivity index (χ4n) is 2.32. The lowest BCUT2D eigenvalue weighted by Crippen LogP contribution is -2.26. The van der Waals surface area contributed by atoms with Crippen molar-refractivity contribution in [2.75, 3.05) is 13.7 Å². The van der Waals surface area contributed by atoms with E-state index in [9.17, 15) is 0 Å². The first-order chi connectivity index (χ1) is 10.4. The van der Waals surface area contributed by atoms with Gasteiger partial charge in [0.15, 0.2) is 0 Å². The van der Waals surface area contributed by atoms with Crippen LogP contribution in [0, 0.1) is 5.41 Å². The summed E-state index contributed by atoms with van der Waals surface area (Å²) in [6.07, 6.45) is 5.89. The molecule has 2 nitrogen and oxygen atoms in total. The van der Waals surface area contributed by atoms with Gasteiger partial charge in [-0.05, 0) is 36.0 Å². The lowest BCUT2D eigenvalue weighted by atomic mass is 9.88. The van der Waals surface area contributed by atoms with Crippen LogP contribution in [0.3, 0.4) is 0 Å². The SMILES string of the molecule is C=Cc1ccc(CCC(=CC(OC)C(C)(C)C)OCC)cc1. The minimum absolute atomic E-state index is 0.0530. The molecule has 0 aromatic heterocycles. The standard InChI is InChI=1S/C20H30O2/c1-7-16-9-11-17(12-10-16)13-14-18(22-8-2)15-19(21-6)20(3,4)5/h7,9-12,15,19H,1,8,13-14H2,2-6H3. The Balaban J connectivity index is 2.76. The molecule has 0 bridgehead atoms. The number of allylic oxidation sites excluding steroid dienone is 1. The van der Waals surface area contributed by atoms with Gasteiger partial charge in [-0.2, -0.15) is 0 Å². The molecule has 0 radical (unpaired) electrons. The van der Waals surface area contributed by atoms with Crippen molar-refractivity contribution in [1.82, 2.24) is 0 Å². The molecule has 0 aliphatic carbocycles. The molecule has 1 atom stereocenters. The van der Waals surface area contributed by atoms with E-state index in [1.807, 2.05) is 13.0 Å². The van der Waals surface area contributed by atoms with E-state index in [1.54, 1.807) is 7.11 Å². The normalized spacial score (nSPS) is 13.8. The molecule has 0 amide bonds. The highest BCUT2D eigenvalue weighted by molar-refractivity contribution is 5.47. The topological polar surface area (TPSA) is 18.5 Å². The first-order valence-corrected chi connectivity index (χ1v) is 7.98. The van der Waals surface area contributed by atoms with Crippen molar-refractivity contribution in [2.24, 2.45) is 5.41 Å². The number of benzene rings is 1. The number of hydrogen-bond donors (Lipinski definition) is 0. The van der Waals surface area contributed by atoms with E-state index in [2.05, 4.69) is 57.7 Å². The second kappa shape index (κ2) is 8.79. The molecule has 0 aliphatic heterocycles. The monoisotopic (exact) mass is 302 g/mol. The fraction of sp³-hybridized carbons (Fsp3) is 0.500. The Morgan fingerprint density at radius 1 is 1.23 bits per heavy atom. The average Bonchev–Trinajstić information content (AvgIpc) is 2.49. The predicted molar refractivity (Wildman–Crippen MR) is 94.8 cm³/mol. The van der Waals surface area contributed by atoms with Gasteiger partial charge in [-0.1, -0.05) is 57.7 Å². The van der Waals surface area contributed by atoms with Gasteiger partial charge >= 0.3 is 0 Å². The van der Waals surface area contributed by atoms with Gasteiger partial charge in [-0.25, -0.2) is 0 Å². The first kappa shape index (κ1) is 18.5. The third kappa shape index (κ3) is 6.07. The molecule has 0 spiro atoms. The van der Waals surface area contributed by atoms with Crippen molar-refractivity contribution < 1.29 is 9.47 Å². The Hall–Kier alpha value is -1.54. The molecule has 0 aliphatic rings. The van der Waals surface area contributed by atoms with Gasteiger partial charge in [0.1, 0.15) is 0 Å². The molecule has 1 unspecified atom stereocenters. The number of rotatable bonds is 8. The van der Waals surface area contributed by atoms with E-state index in [4.69, 9.17) is 9.47 Å². The van der Waals surface area contributed by atoms with E-state index >= 15 is 0 Å². The molecule has 0 saturated heterocycles. The quantitative estimate of drug-likeness (QED) is 0.611. The van der Waals surface area contributed by atoms with Crippen molar-refractivity contribution in [3.8, 4) is 0 Å². The minimum atomic E-state index is 0.0530. The van der Waals surface area contributed by atoms with Crippen molar-refractivity contribution >= 4 is 6.08 Å². The Morgan fingerprint density at radius 3 is 2.32 bits per heavy atom. The maximum absolute atomic E-state index is 5.80. The van der Waals surface area contributed by atoms with Crippen LogP contribution in [0.15, 0.2) is 42.7 Å². The summed E-state index contributed by atoms with van der Waals surface area (Å²) in [6, 6.07) is 8.50. The smallest absolute Gasteiger partial charge is 0.0949 e. The van der Waals surface area contributed by atoms with Crippen LogP contribution in [0.1, 0.15) is 45.2 Å². The average molecular weight is 302 g/mol. The van der Waals surface area contributed by atoms with E-state index in [0.717, 1.165) is 24.2 Å². The number of methoxy groups -OCH3 is 1. The molecular weight excluding hydrogens is 272 g/mol. The Bertz CT molecular complexity index is 477. The van der Waals surface area contributed by atoms with Crippen LogP contribution in [0.4, 0.5) is 0 Å². The molecule has 0 fully saturated rings. The summed E-state index contributed by atoms with van der Waals surface area (Å²) in [7, 11) is 1.75. The summed E-state index contributed by atoms with van der Waals surface area (Å²) in [5.41, 5.74) is 2.51. The second-order valence-electron chi connectivity index (χ2n) is 6.53. The maximum Gasteiger partial charge on any atom is 0.0949 e. The van der Waals surface area contributed by atoms with Crippen LogP contribution in [-0.4, -0.2) is 19.8 Å². The first-order valence-electron chi connectivity index (χ1n) is 7.98. The lowest BCUT2D eigenvalue weighted by molar-refractivity contribution is 0.0489. The molecule has 1 aromatic carbocycles. The van der Waals surface area contributed by atoms with Gasteiger partial charge in [0.2, 0.25) is 0 Å². The van der Waals surface area contributed by atoms with Crippen molar-refractivity contribution in [3.63, 3.8) is 0 Å². The molecule has 0 N–H and O–H groups in total. The van der Waals surface area contributed by atoms with Gasteiger partial charge in [0.05, 0.1) is 18.5 Å². The molecule has 0 heterocycles. The van der Waals surface area contributed by atoms with Crippen LogP contribution in [-0.2, 0) is 15.9 Å². The predicted octanol–water partition coefficient (Wildman–Crippen LogP) is 5.24. The largest absolute Gasteiger partial charge is 0.498 e. The van der Waals surface area contributed by atoms with Crippen molar-refractivity contribution in [3.05, 3.63) is 53.8 Å². The van der Waals surface area contributed by atoms with Crippen molar-refractivity contribution in [1.29, 1.82) is 0 Å². The van der Waals surface area contributed by atoms with E-state index in [0.29, 0.717) is 6.61 Å². The highest BCUT2D eigenvalue weighted by Gasteiger charge is 2.23. The van der Waals surface area contributed by atoms with Crippen molar-refractivity contribution in [2.45, 2.75) is 46.6 Å². The van der Waals surface area contributed by atoms with Crippen LogP contribution in [0.25, 0.3) is 6.08 Å². The summed E-state index contributed by atoms with van der Waals surface area (Å²) in [5.74, 6) is 1.01. The van der Waals surface area contributed by atoms with Gasteiger partial charge in [0.25, 0.3) is 0 Å². The highest BCUT2D eigenvalue weighted by Crippen LogP contribution is 2.25. The summed E-state index contributed by atoms with van der Waals surface area (Å²) < 4.78 is 11.4. The summed E-state index contributed by atoms with van der Waals surface area (Å²) in [6.45, 7) is 13.0. The summed E-state index contributed by atoms with van der Waals surface area (Å²) in [4.78, 5) is 0. The van der Waals surface area contributed by atoms with Gasteiger partial charge in [-0.15, -0.1) is 0 Å². The Labute approximate surface area is 135 Å². The van der Waals surface area contributed by atoms with E-state index < -0.39 is 0 Å². The van der Waals surface area contributed by atoms with Gasteiger partial charge < -0.3 is 9.47 Å². The Morgan fingerprint density at radius 2 is 1.86 bits per heavy atom. The highest BCUT2D eigenvalue weighted by atomic mass is 16.5. The molecular formula is C20H30O2. The van der Waals surface area contributed by atoms with Gasteiger partial charge in [-0.3, -0.25) is 0 Å².